The fourth-order valence-electron chi connectivity index (χ4n) is 1.47. The van der Waals surface area contributed by atoms with Crippen LogP contribution in [-0.2, 0) is 12.7 Å². The van der Waals surface area contributed by atoms with Gasteiger partial charge in [0.05, 0.1) is 5.56 Å². The third-order valence-electron chi connectivity index (χ3n) is 2.37. The molecular formula is C12H15F4NS. The van der Waals surface area contributed by atoms with Gasteiger partial charge in [-0.05, 0) is 42.7 Å². The highest BCUT2D eigenvalue weighted by atomic mass is 32.2. The monoisotopic (exact) mass is 281 g/mol. The molecule has 0 radical (unpaired) electrons. The van der Waals surface area contributed by atoms with Crippen LogP contribution in [0.5, 0.6) is 0 Å². The standard InChI is InChI=1S/C12H15F4NS/c1-18-6-2-5-17-8-9-3-4-11(13)10(7-9)12(14,15)16/h3-4,7,17H,2,5-6,8H2,1H3. The number of rotatable bonds is 6. The zero-order valence-corrected chi connectivity index (χ0v) is 10.8. The zero-order chi connectivity index (χ0) is 13.6. The van der Waals surface area contributed by atoms with E-state index in [1.54, 1.807) is 11.8 Å². The minimum Gasteiger partial charge on any atom is -0.313 e. The quantitative estimate of drug-likeness (QED) is 0.630. The van der Waals surface area contributed by atoms with Gasteiger partial charge in [0.1, 0.15) is 5.82 Å². The van der Waals surface area contributed by atoms with Crippen LogP contribution in [0, 0.1) is 5.82 Å². The molecule has 102 valence electrons. The van der Waals surface area contributed by atoms with Gasteiger partial charge in [0.25, 0.3) is 0 Å². The molecular weight excluding hydrogens is 266 g/mol. The maximum Gasteiger partial charge on any atom is 0.419 e. The minimum atomic E-state index is -4.64. The van der Waals surface area contributed by atoms with E-state index in [2.05, 4.69) is 5.32 Å². The summed E-state index contributed by atoms with van der Waals surface area (Å²) in [6.07, 6.45) is -1.69. The predicted molar refractivity (Wildman–Crippen MR) is 66.1 cm³/mol. The summed E-state index contributed by atoms with van der Waals surface area (Å²) in [5, 5.41) is 3.03. The van der Waals surface area contributed by atoms with Crippen LogP contribution in [0.4, 0.5) is 17.6 Å². The number of halogens is 4. The molecule has 1 nitrogen and oxygen atoms in total. The van der Waals surface area contributed by atoms with Crippen molar-refractivity contribution in [1.82, 2.24) is 5.32 Å². The highest BCUT2D eigenvalue weighted by molar-refractivity contribution is 7.98. The number of hydrogen-bond acceptors (Lipinski definition) is 2. The average molecular weight is 281 g/mol. The largest absolute Gasteiger partial charge is 0.419 e. The molecule has 0 amide bonds. The molecule has 0 heterocycles. The van der Waals surface area contributed by atoms with Crippen LogP contribution < -0.4 is 5.32 Å². The molecule has 0 aliphatic carbocycles. The van der Waals surface area contributed by atoms with Gasteiger partial charge in [-0.3, -0.25) is 0 Å². The number of alkyl halides is 3. The van der Waals surface area contributed by atoms with Crippen molar-refractivity contribution in [2.24, 2.45) is 0 Å². The Morgan fingerprint density at radius 2 is 2.00 bits per heavy atom. The maximum atomic E-state index is 13.0. The number of thioether (sulfide) groups is 1. The first-order valence-corrected chi connectivity index (χ1v) is 6.90. The van der Waals surface area contributed by atoms with E-state index in [0.29, 0.717) is 12.1 Å². The molecule has 0 aliphatic rings. The van der Waals surface area contributed by atoms with Crippen molar-refractivity contribution in [3.05, 3.63) is 35.1 Å². The van der Waals surface area contributed by atoms with E-state index in [9.17, 15) is 17.6 Å². The lowest BCUT2D eigenvalue weighted by molar-refractivity contribution is -0.140. The van der Waals surface area contributed by atoms with Gasteiger partial charge in [0.15, 0.2) is 0 Å². The van der Waals surface area contributed by atoms with Crippen molar-refractivity contribution in [2.45, 2.75) is 19.1 Å². The Morgan fingerprint density at radius 1 is 1.28 bits per heavy atom. The van der Waals surface area contributed by atoms with E-state index >= 15 is 0 Å². The second kappa shape index (κ2) is 6.99. The van der Waals surface area contributed by atoms with Crippen molar-refractivity contribution >= 4 is 11.8 Å². The van der Waals surface area contributed by atoms with Crippen molar-refractivity contribution in [2.75, 3.05) is 18.6 Å². The Balaban J connectivity index is 2.57. The third kappa shape index (κ3) is 4.86. The van der Waals surface area contributed by atoms with Crippen LogP contribution in [0.3, 0.4) is 0 Å². The van der Waals surface area contributed by atoms with Gasteiger partial charge >= 0.3 is 6.18 Å². The molecule has 1 N–H and O–H groups in total. The lowest BCUT2D eigenvalue weighted by Gasteiger charge is -2.10. The first kappa shape index (κ1) is 15.3. The Bertz CT molecular complexity index is 379. The second-order valence-electron chi connectivity index (χ2n) is 3.84. The van der Waals surface area contributed by atoms with Crippen molar-refractivity contribution in [3.8, 4) is 0 Å². The summed E-state index contributed by atoms with van der Waals surface area (Å²) >= 11 is 1.72. The Hall–Kier alpha value is -0.750. The third-order valence-corrected chi connectivity index (χ3v) is 3.06. The van der Waals surface area contributed by atoms with Crippen LogP contribution in [0.2, 0.25) is 0 Å². The van der Waals surface area contributed by atoms with Gasteiger partial charge in [0.2, 0.25) is 0 Å². The summed E-state index contributed by atoms with van der Waals surface area (Å²) in [6, 6.07) is 3.09. The molecule has 1 aromatic carbocycles. The first-order valence-electron chi connectivity index (χ1n) is 5.50. The average Bonchev–Trinajstić information content (AvgIpc) is 2.29. The Morgan fingerprint density at radius 3 is 2.61 bits per heavy atom. The summed E-state index contributed by atoms with van der Waals surface area (Å²) in [5.41, 5.74) is -0.765. The van der Waals surface area contributed by atoms with Crippen molar-refractivity contribution in [3.63, 3.8) is 0 Å². The molecule has 0 atom stereocenters. The number of benzene rings is 1. The summed E-state index contributed by atoms with van der Waals surface area (Å²) in [5.74, 6) is -0.224. The topological polar surface area (TPSA) is 12.0 Å². The summed E-state index contributed by atoms with van der Waals surface area (Å²) in [7, 11) is 0. The summed E-state index contributed by atoms with van der Waals surface area (Å²) in [6.45, 7) is 1.05. The SMILES string of the molecule is CSCCCNCc1ccc(F)c(C(F)(F)F)c1. The van der Waals surface area contributed by atoms with Gasteiger partial charge in [-0.2, -0.15) is 24.9 Å². The van der Waals surface area contributed by atoms with Crippen LogP contribution in [0.15, 0.2) is 18.2 Å². The Kier molecular flexibility index (Phi) is 5.95. The highest BCUT2D eigenvalue weighted by Gasteiger charge is 2.34. The van der Waals surface area contributed by atoms with E-state index in [1.807, 2.05) is 6.26 Å². The molecule has 0 fully saturated rings. The molecule has 6 heteroatoms. The van der Waals surface area contributed by atoms with Gasteiger partial charge in [0, 0.05) is 6.54 Å². The number of hydrogen-bond donors (Lipinski definition) is 1. The normalized spacial score (nSPS) is 11.8. The predicted octanol–water partition coefficient (Wildman–Crippen LogP) is 3.69. The maximum absolute atomic E-state index is 13.0. The molecule has 0 saturated carbocycles. The highest BCUT2D eigenvalue weighted by Crippen LogP contribution is 2.31. The zero-order valence-electron chi connectivity index (χ0n) is 9.98. The lowest BCUT2D eigenvalue weighted by Crippen LogP contribution is -2.16. The molecule has 0 spiro atoms. The Labute approximate surface area is 108 Å². The van der Waals surface area contributed by atoms with Gasteiger partial charge in [-0.25, -0.2) is 4.39 Å². The van der Waals surface area contributed by atoms with E-state index in [0.717, 1.165) is 30.9 Å². The van der Waals surface area contributed by atoms with Crippen molar-refractivity contribution in [1.29, 1.82) is 0 Å². The van der Waals surface area contributed by atoms with Crippen LogP contribution in [0.25, 0.3) is 0 Å². The smallest absolute Gasteiger partial charge is 0.313 e. The van der Waals surface area contributed by atoms with E-state index < -0.39 is 17.6 Å². The van der Waals surface area contributed by atoms with Gasteiger partial charge in [-0.1, -0.05) is 6.07 Å². The summed E-state index contributed by atoms with van der Waals surface area (Å²) < 4.78 is 50.4. The van der Waals surface area contributed by atoms with Crippen LogP contribution in [0.1, 0.15) is 17.5 Å². The fourth-order valence-corrected chi connectivity index (χ4v) is 1.91. The molecule has 0 aliphatic heterocycles. The van der Waals surface area contributed by atoms with Crippen LogP contribution in [-0.4, -0.2) is 18.6 Å². The van der Waals surface area contributed by atoms with Crippen LogP contribution >= 0.6 is 11.8 Å². The van der Waals surface area contributed by atoms with Gasteiger partial charge in [-0.15, -0.1) is 0 Å². The number of nitrogens with one attached hydrogen (secondary N) is 1. The molecule has 1 aromatic rings. The van der Waals surface area contributed by atoms with Gasteiger partial charge < -0.3 is 5.32 Å². The minimum absolute atomic E-state index is 0.317. The molecule has 0 unspecified atom stereocenters. The van der Waals surface area contributed by atoms with E-state index in [4.69, 9.17) is 0 Å². The second-order valence-corrected chi connectivity index (χ2v) is 4.82. The van der Waals surface area contributed by atoms with E-state index in [1.165, 1.54) is 6.07 Å². The first-order chi connectivity index (χ1) is 8.45. The molecule has 0 aromatic heterocycles. The molecule has 1 rings (SSSR count). The molecule has 0 saturated heterocycles. The fraction of sp³-hybridized carbons (Fsp3) is 0.500. The van der Waals surface area contributed by atoms with E-state index in [-0.39, 0.29) is 0 Å². The molecule has 0 bridgehead atoms. The lowest BCUT2D eigenvalue weighted by atomic mass is 10.1. The summed E-state index contributed by atoms with van der Waals surface area (Å²) in [4.78, 5) is 0. The molecule has 18 heavy (non-hydrogen) atoms. The van der Waals surface area contributed by atoms with Crippen molar-refractivity contribution < 1.29 is 17.6 Å².